The van der Waals surface area contributed by atoms with Gasteiger partial charge in [-0.05, 0) is 37.8 Å². The lowest BCUT2D eigenvalue weighted by atomic mass is 9.89. The van der Waals surface area contributed by atoms with Crippen LogP contribution in [0.1, 0.15) is 25.0 Å². The Hall–Kier alpha value is -2.70. The molecule has 0 radical (unpaired) electrons. The van der Waals surface area contributed by atoms with Crippen molar-refractivity contribution < 1.29 is 19.8 Å². The molecule has 0 aliphatic carbocycles. The lowest BCUT2D eigenvalue weighted by Gasteiger charge is -2.28. The molecule has 2 aromatic carbocycles. The van der Waals surface area contributed by atoms with Gasteiger partial charge in [0.1, 0.15) is 5.41 Å². The highest BCUT2D eigenvalue weighted by atomic mass is 16.3. The Morgan fingerprint density at radius 1 is 0.759 bits per heavy atom. The molecule has 0 fully saturated rings. The third-order valence-electron chi connectivity index (χ3n) is 4.90. The van der Waals surface area contributed by atoms with Gasteiger partial charge in [0, 0.05) is 0 Å². The summed E-state index contributed by atoms with van der Waals surface area (Å²) in [6.07, 6.45) is 0.933. The minimum atomic E-state index is -1.35. The van der Waals surface area contributed by atoms with Crippen LogP contribution in [0.3, 0.4) is 0 Å². The third kappa shape index (κ3) is 6.69. The Morgan fingerprint density at radius 2 is 1.10 bits per heavy atom. The second kappa shape index (κ2) is 10.7. The number of amides is 2. The lowest BCUT2D eigenvalue weighted by molar-refractivity contribution is -0.142. The highest BCUT2D eigenvalue weighted by Crippen LogP contribution is 2.17. The van der Waals surface area contributed by atoms with E-state index in [-0.39, 0.29) is 13.2 Å². The molecule has 0 aliphatic rings. The van der Waals surface area contributed by atoms with E-state index in [1.807, 2.05) is 60.7 Å². The fourth-order valence-corrected chi connectivity index (χ4v) is 2.95. The smallest absolute Gasteiger partial charge is 0.235 e. The van der Waals surface area contributed by atoms with Gasteiger partial charge in [-0.3, -0.25) is 9.59 Å². The normalized spacial score (nSPS) is 13.4. The predicted molar refractivity (Wildman–Crippen MR) is 112 cm³/mol. The van der Waals surface area contributed by atoms with E-state index in [4.69, 9.17) is 0 Å². The average molecular weight is 399 g/mol. The van der Waals surface area contributed by atoms with Crippen LogP contribution < -0.4 is 10.6 Å². The van der Waals surface area contributed by atoms with E-state index in [0.717, 1.165) is 11.1 Å². The van der Waals surface area contributed by atoms with Crippen LogP contribution in [0.15, 0.2) is 60.7 Å². The molecular formula is C23H30N2O4. The van der Waals surface area contributed by atoms with Gasteiger partial charge in [-0.1, -0.05) is 60.7 Å². The van der Waals surface area contributed by atoms with Crippen LogP contribution in [0, 0.1) is 5.41 Å². The van der Waals surface area contributed by atoms with Gasteiger partial charge in [-0.15, -0.1) is 0 Å². The second-order valence-electron chi connectivity index (χ2n) is 7.71. The standard InChI is InChI=1S/C23H30N2O4/c1-23(2,21(28)24-19(15-26)13-17-9-5-3-6-10-17)22(29)25-20(16-27)14-18-11-7-4-8-12-18/h3-12,19-20,26-27H,13-16H2,1-2H3,(H,24,28)(H,25,29). The molecule has 0 saturated heterocycles. The summed E-state index contributed by atoms with van der Waals surface area (Å²) in [6.45, 7) is 2.61. The molecule has 2 amide bonds. The molecule has 0 heterocycles. The molecular weight excluding hydrogens is 368 g/mol. The summed E-state index contributed by atoms with van der Waals surface area (Å²) < 4.78 is 0. The van der Waals surface area contributed by atoms with Crippen LogP contribution in [0.5, 0.6) is 0 Å². The van der Waals surface area contributed by atoms with Crippen molar-refractivity contribution in [2.75, 3.05) is 13.2 Å². The average Bonchev–Trinajstić information content (AvgIpc) is 2.73. The number of aliphatic hydroxyl groups is 2. The fourth-order valence-electron chi connectivity index (χ4n) is 2.95. The maximum Gasteiger partial charge on any atom is 0.235 e. The monoisotopic (exact) mass is 398 g/mol. The third-order valence-corrected chi connectivity index (χ3v) is 4.90. The van der Waals surface area contributed by atoms with Gasteiger partial charge in [0.2, 0.25) is 11.8 Å². The summed E-state index contributed by atoms with van der Waals surface area (Å²) in [7, 11) is 0. The van der Waals surface area contributed by atoms with E-state index < -0.39 is 29.3 Å². The number of hydrogen-bond donors (Lipinski definition) is 4. The first-order chi connectivity index (χ1) is 13.9. The molecule has 2 rings (SSSR count). The quantitative estimate of drug-likeness (QED) is 0.455. The molecule has 6 heteroatoms. The highest BCUT2D eigenvalue weighted by molar-refractivity contribution is 6.04. The molecule has 6 nitrogen and oxygen atoms in total. The Morgan fingerprint density at radius 3 is 1.41 bits per heavy atom. The van der Waals surface area contributed by atoms with Gasteiger partial charge in [0.05, 0.1) is 25.3 Å². The molecule has 29 heavy (non-hydrogen) atoms. The molecule has 2 aromatic rings. The van der Waals surface area contributed by atoms with E-state index in [2.05, 4.69) is 10.6 Å². The largest absolute Gasteiger partial charge is 0.394 e. The minimum Gasteiger partial charge on any atom is -0.394 e. The zero-order valence-corrected chi connectivity index (χ0v) is 17.0. The summed E-state index contributed by atoms with van der Waals surface area (Å²) in [6, 6.07) is 18.1. The SMILES string of the molecule is CC(C)(C(=O)NC(CO)Cc1ccccc1)C(=O)NC(CO)Cc1ccccc1. The summed E-state index contributed by atoms with van der Waals surface area (Å²) in [5, 5.41) is 24.8. The molecule has 4 N–H and O–H groups in total. The van der Waals surface area contributed by atoms with Gasteiger partial charge in [-0.25, -0.2) is 0 Å². The van der Waals surface area contributed by atoms with Crippen molar-refractivity contribution in [3.63, 3.8) is 0 Å². The van der Waals surface area contributed by atoms with Crippen molar-refractivity contribution in [2.24, 2.45) is 5.41 Å². The minimum absolute atomic E-state index is 0.231. The zero-order chi connectivity index (χ0) is 21.3. The molecule has 2 atom stereocenters. The summed E-state index contributed by atoms with van der Waals surface area (Å²) >= 11 is 0. The number of benzene rings is 2. The maximum atomic E-state index is 12.7. The number of hydrogen-bond acceptors (Lipinski definition) is 4. The maximum absolute atomic E-state index is 12.7. The Kier molecular flexibility index (Phi) is 8.36. The number of carbonyl (C=O) groups is 2. The number of nitrogens with one attached hydrogen (secondary N) is 2. The first-order valence-electron chi connectivity index (χ1n) is 9.78. The molecule has 2 unspecified atom stereocenters. The van der Waals surface area contributed by atoms with Crippen LogP contribution in [0.2, 0.25) is 0 Å². The van der Waals surface area contributed by atoms with Crippen LogP contribution in [-0.2, 0) is 22.4 Å². The number of carbonyl (C=O) groups excluding carboxylic acids is 2. The Bertz CT molecular complexity index is 712. The topological polar surface area (TPSA) is 98.7 Å². The summed E-state index contributed by atoms with van der Waals surface area (Å²) in [4.78, 5) is 25.5. The first kappa shape index (κ1) is 22.6. The van der Waals surface area contributed by atoms with Crippen LogP contribution in [0.4, 0.5) is 0 Å². The number of rotatable bonds is 10. The molecule has 0 saturated carbocycles. The fraction of sp³-hybridized carbons (Fsp3) is 0.391. The van der Waals surface area contributed by atoms with Gasteiger partial charge in [0.25, 0.3) is 0 Å². The van der Waals surface area contributed by atoms with Gasteiger partial charge < -0.3 is 20.8 Å². The van der Waals surface area contributed by atoms with Crippen molar-refractivity contribution in [3.8, 4) is 0 Å². The van der Waals surface area contributed by atoms with Crippen molar-refractivity contribution in [1.82, 2.24) is 10.6 Å². The molecule has 0 spiro atoms. The second-order valence-corrected chi connectivity index (χ2v) is 7.71. The highest BCUT2D eigenvalue weighted by Gasteiger charge is 2.37. The van der Waals surface area contributed by atoms with Crippen molar-refractivity contribution >= 4 is 11.8 Å². The van der Waals surface area contributed by atoms with Crippen LogP contribution in [0.25, 0.3) is 0 Å². The summed E-state index contributed by atoms with van der Waals surface area (Å²) in [5.41, 5.74) is 0.614. The van der Waals surface area contributed by atoms with E-state index in [1.165, 1.54) is 13.8 Å². The first-order valence-corrected chi connectivity index (χ1v) is 9.78. The predicted octanol–water partition coefficient (Wildman–Crippen LogP) is 1.45. The van der Waals surface area contributed by atoms with E-state index in [1.54, 1.807) is 0 Å². The molecule has 0 bridgehead atoms. The number of aliphatic hydroxyl groups excluding tert-OH is 2. The molecule has 0 aliphatic heterocycles. The summed E-state index contributed by atoms with van der Waals surface area (Å²) in [5.74, 6) is -0.942. The van der Waals surface area contributed by atoms with Crippen LogP contribution in [-0.4, -0.2) is 47.3 Å². The van der Waals surface area contributed by atoms with Gasteiger partial charge >= 0.3 is 0 Å². The Labute approximate surface area is 172 Å². The van der Waals surface area contributed by atoms with Crippen molar-refractivity contribution in [1.29, 1.82) is 0 Å². The zero-order valence-electron chi connectivity index (χ0n) is 17.0. The van der Waals surface area contributed by atoms with Gasteiger partial charge in [0.15, 0.2) is 0 Å². The lowest BCUT2D eigenvalue weighted by Crippen LogP contribution is -2.54. The molecule has 0 aromatic heterocycles. The van der Waals surface area contributed by atoms with Gasteiger partial charge in [-0.2, -0.15) is 0 Å². The Balaban J connectivity index is 1.97. The van der Waals surface area contributed by atoms with Crippen molar-refractivity contribution in [3.05, 3.63) is 71.8 Å². The van der Waals surface area contributed by atoms with E-state index in [9.17, 15) is 19.8 Å². The van der Waals surface area contributed by atoms with E-state index in [0.29, 0.717) is 12.8 Å². The van der Waals surface area contributed by atoms with Crippen LogP contribution >= 0.6 is 0 Å². The van der Waals surface area contributed by atoms with Crippen molar-refractivity contribution in [2.45, 2.75) is 38.8 Å². The molecule has 156 valence electrons. The van der Waals surface area contributed by atoms with E-state index >= 15 is 0 Å².